The summed E-state index contributed by atoms with van der Waals surface area (Å²) in [4.78, 5) is 4.55. The molecule has 1 aromatic heterocycles. The predicted molar refractivity (Wildman–Crippen MR) is 82.8 cm³/mol. The lowest BCUT2D eigenvalue weighted by Gasteiger charge is -2.30. The number of aliphatic hydroxyl groups excluding tert-OH is 1. The summed E-state index contributed by atoms with van der Waals surface area (Å²) in [7, 11) is 0. The van der Waals surface area contributed by atoms with Crippen LogP contribution in [0, 0.1) is 0 Å². The summed E-state index contributed by atoms with van der Waals surface area (Å²) in [6.45, 7) is 3.79. The fraction of sp³-hybridized carbons (Fsp3) is 0.438. The predicted octanol–water partition coefficient (Wildman–Crippen LogP) is 3.26. The zero-order valence-electron chi connectivity index (χ0n) is 11.9. The molecule has 20 heavy (non-hydrogen) atoms. The molecule has 0 radical (unpaired) electrons. The van der Waals surface area contributed by atoms with Crippen LogP contribution >= 0.6 is 11.3 Å². The van der Waals surface area contributed by atoms with Crippen LogP contribution in [0.5, 0.6) is 0 Å². The SMILES string of the molecule is CCC(O)(CC)C(O)Cc1nc(-c2ccccc2)cs1. The molecule has 0 amide bonds. The number of rotatable bonds is 6. The largest absolute Gasteiger partial charge is 0.390 e. The molecule has 2 N–H and O–H groups in total. The summed E-state index contributed by atoms with van der Waals surface area (Å²) in [5.41, 5.74) is 0.985. The number of hydrogen-bond acceptors (Lipinski definition) is 4. The minimum atomic E-state index is -1.02. The standard InChI is InChI=1S/C16H21NO2S/c1-3-16(19,4-2)14(18)10-15-17-13(11-20-15)12-8-6-5-7-9-12/h5-9,11,14,18-19H,3-4,10H2,1-2H3. The van der Waals surface area contributed by atoms with Gasteiger partial charge in [0.2, 0.25) is 0 Å². The molecular formula is C16H21NO2S. The van der Waals surface area contributed by atoms with Gasteiger partial charge in [-0.25, -0.2) is 4.98 Å². The van der Waals surface area contributed by atoms with Crippen molar-refractivity contribution >= 4 is 11.3 Å². The fourth-order valence-electron chi connectivity index (χ4n) is 2.22. The molecule has 0 aliphatic heterocycles. The average molecular weight is 291 g/mol. The molecule has 2 rings (SSSR count). The van der Waals surface area contributed by atoms with Gasteiger partial charge in [0.05, 0.1) is 22.4 Å². The van der Waals surface area contributed by atoms with Gasteiger partial charge < -0.3 is 10.2 Å². The maximum Gasteiger partial charge on any atom is 0.0959 e. The first-order valence-corrected chi connectivity index (χ1v) is 7.87. The Kier molecular flexibility index (Phi) is 4.91. The van der Waals surface area contributed by atoms with E-state index in [1.165, 1.54) is 11.3 Å². The molecule has 4 heteroatoms. The van der Waals surface area contributed by atoms with Crippen molar-refractivity contribution in [3.05, 3.63) is 40.7 Å². The zero-order chi connectivity index (χ0) is 14.6. The van der Waals surface area contributed by atoms with Crippen LogP contribution in [0.3, 0.4) is 0 Å². The number of thiazole rings is 1. The quantitative estimate of drug-likeness (QED) is 0.859. The normalized spacial score (nSPS) is 13.4. The summed E-state index contributed by atoms with van der Waals surface area (Å²) >= 11 is 1.53. The number of hydrogen-bond donors (Lipinski definition) is 2. The van der Waals surface area contributed by atoms with Gasteiger partial charge in [-0.1, -0.05) is 44.2 Å². The summed E-state index contributed by atoms with van der Waals surface area (Å²) < 4.78 is 0. The Labute approximate surface area is 123 Å². The van der Waals surface area contributed by atoms with Gasteiger partial charge in [-0.3, -0.25) is 0 Å². The second-order valence-corrected chi connectivity index (χ2v) is 5.97. The molecule has 0 spiro atoms. The maximum atomic E-state index is 10.3. The molecule has 3 nitrogen and oxygen atoms in total. The summed E-state index contributed by atoms with van der Waals surface area (Å²) in [6, 6.07) is 9.97. The monoisotopic (exact) mass is 291 g/mol. The molecule has 0 bridgehead atoms. The third-order valence-corrected chi connectivity index (χ3v) is 4.71. The first-order valence-electron chi connectivity index (χ1n) is 6.99. The van der Waals surface area contributed by atoms with Gasteiger partial charge in [0.15, 0.2) is 0 Å². The van der Waals surface area contributed by atoms with Crippen molar-refractivity contribution in [3.63, 3.8) is 0 Å². The van der Waals surface area contributed by atoms with E-state index in [-0.39, 0.29) is 0 Å². The molecular weight excluding hydrogens is 270 g/mol. The molecule has 2 aromatic rings. The highest BCUT2D eigenvalue weighted by Gasteiger charge is 2.32. The lowest BCUT2D eigenvalue weighted by atomic mass is 9.89. The van der Waals surface area contributed by atoms with Gasteiger partial charge in [0, 0.05) is 17.4 Å². The van der Waals surface area contributed by atoms with Crippen molar-refractivity contribution in [1.29, 1.82) is 0 Å². The molecule has 108 valence electrons. The van der Waals surface area contributed by atoms with Crippen LogP contribution in [0.1, 0.15) is 31.7 Å². The highest BCUT2D eigenvalue weighted by molar-refractivity contribution is 7.09. The van der Waals surface area contributed by atoms with E-state index in [0.717, 1.165) is 16.3 Å². The van der Waals surface area contributed by atoms with Crippen LogP contribution in [-0.2, 0) is 6.42 Å². The van der Waals surface area contributed by atoms with E-state index in [2.05, 4.69) is 4.98 Å². The average Bonchev–Trinajstić information content (AvgIpc) is 2.95. The van der Waals surface area contributed by atoms with Crippen molar-refractivity contribution in [2.75, 3.05) is 0 Å². The number of nitrogens with zero attached hydrogens (tertiary/aromatic N) is 1. The molecule has 1 unspecified atom stereocenters. The number of aromatic nitrogens is 1. The van der Waals surface area contributed by atoms with Crippen LogP contribution in [0.25, 0.3) is 11.3 Å². The zero-order valence-corrected chi connectivity index (χ0v) is 12.7. The van der Waals surface area contributed by atoms with Gasteiger partial charge in [0.25, 0.3) is 0 Å². The highest BCUT2D eigenvalue weighted by atomic mass is 32.1. The topological polar surface area (TPSA) is 53.4 Å². The lowest BCUT2D eigenvalue weighted by Crippen LogP contribution is -2.42. The van der Waals surface area contributed by atoms with E-state index in [1.807, 2.05) is 49.6 Å². The van der Waals surface area contributed by atoms with Gasteiger partial charge >= 0.3 is 0 Å². The van der Waals surface area contributed by atoms with Crippen molar-refractivity contribution in [2.24, 2.45) is 0 Å². The minimum Gasteiger partial charge on any atom is -0.390 e. The molecule has 1 heterocycles. The minimum absolute atomic E-state index is 0.398. The van der Waals surface area contributed by atoms with Crippen molar-refractivity contribution in [3.8, 4) is 11.3 Å². The molecule has 0 saturated carbocycles. The third-order valence-electron chi connectivity index (χ3n) is 3.83. The van der Waals surface area contributed by atoms with E-state index in [4.69, 9.17) is 0 Å². The van der Waals surface area contributed by atoms with Crippen molar-refractivity contribution in [1.82, 2.24) is 4.98 Å². The highest BCUT2D eigenvalue weighted by Crippen LogP contribution is 2.26. The molecule has 0 aliphatic rings. The Morgan fingerprint density at radius 2 is 1.85 bits per heavy atom. The first kappa shape index (κ1) is 15.2. The lowest BCUT2D eigenvalue weighted by molar-refractivity contribution is -0.0790. The summed E-state index contributed by atoms with van der Waals surface area (Å²) in [5, 5.41) is 23.4. The number of benzene rings is 1. The van der Waals surface area contributed by atoms with E-state index >= 15 is 0 Å². The van der Waals surface area contributed by atoms with Crippen molar-refractivity contribution in [2.45, 2.75) is 44.8 Å². The van der Waals surface area contributed by atoms with Crippen LogP contribution in [0.4, 0.5) is 0 Å². The Bertz CT molecular complexity index is 534. The molecule has 0 fully saturated rings. The summed E-state index contributed by atoms with van der Waals surface area (Å²) in [6.07, 6.45) is 0.714. The molecule has 0 aliphatic carbocycles. The fourth-order valence-corrected chi connectivity index (χ4v) is 3.06. The van der Waals surface area contributed by atoms with E-state index in [0.29, 0.717) is 19.3 Å². The molecule has 0 saturated heterocycles. The maximum absolute atomic E-state index is 10.3. The van der Waals surface area contributed by atoms with Crippen LogP contribution in [0.2, 0.25) is 0 Å². The van der Waals surface area contributed by atoms with Crippen LogP contribution < -0.4 is 0 Å². The van der Waals surface area contributed by atoms with E-state index in [9.17, 15) is 10.2 Å². The second kappa shape index (κ2) is 6.48. The number of aliphatic hydroxyl groups is 2. The van der Waals surface area contributed by atoms with Gasteiger partial charge in [-0.2, -0.15) is 0 Å². The Morgan fingerprint density at radius 1 is 1.20 bits per heavy atom. The Balaban J connectivity index is 2.10. The van der Waals surface area contributed by atoms with Crippen molar-refractivity contribution < 1.29 is 10.2 Å². The molecule has 1 aromatic carbocycles. The summed E-state index contributed by atoms with van der Waals surface area (Å²) in [5.74, 6) is 0. The van der Waals surface area contributed by atoms with Gasteiger partial charge in [-0.15, -0.1) is 11.3 Å². The third kappa shape index (κ3) is 3.26. The van der Waals surface area contributed by atoms with Gasteiger partial charge in [0.1, 0.15) is 0 Å². The molecule has 1 atom stereocenters. The smallest absolute Gasteiger partial charge is 0.0959 e. The van der Waals surface area contributed by atoms with Crippen LogP contribution in [0.15, 0.2) is 35.7 Å². The second-order valence-electron chi connectivity index (χ2n) is 5.02. The van der Waals surface area contributed by atoms with Gasteiger partial charge in [-0.05, 0) is 12.8 Å². The Morgan fingerprint density at radius 3 is 2.45 bits per heavy atom. The first-order chi connectivity index (χ1) is 9.59. The Hall–Kier alpha value is -1.23. The van der Waals surface area contributed by atoms with Crippen LogP contribution in [-0.4, -0.2) is 26.9 Å². The van der Waals surface area contributed by atoms with E-state index in [1.54, 1.807) is 0 Å². The van der Waals surface area contributed by atoms with E-state index < -0.39 is 11.7 Å².